The van der Waals surface area contributed by atoms with Gasteiger partial charge in [-0.15, -0.1) is 0 Å². The highest BCUT2D eigenvalue weighted by atomic mass is 31.2. The fourth-order valence-corrected chi connectivity index (χ4v) is 3.86. The number of aliphatic hydroxyl groups is 1. The number of nitrogens with zero attached hydrogens (tertiary/aromatic N) is 3. The highest BCUT2D eigenvalue weighted by molar-refractivity contribution is 7.53. The number of hydrogen-bond donors (Lipinski definition) is 4. The lowest BCUT2D eigenvalue weighted by Crippen LogP contribution is -2.27. The predicted octanol–water partition coefficient (Wildman–Crippen LogP) is 3.18. The molecule has 1 aromatic carbocycles. The zero-order valence-electron chi connectivity index (χ0n) is 18.0. The molecule has 0 bridgehead atoms. The van der Waals surface area contributed by atoms with Gasteiger partial charge in [0.05, 0.1) is 23.2 Å². The Labute approximate surface area is 183 Å². The summed E-state index contributed by atoms with van der Waals surface area (Å²) in [5.41, 5.74) is 2.89. The second kappa shape index (κ2) is 8.64. The van der Waals surface area contributed by atoms with Gasteiger partial charge in [0.2, 0.25) is 0 Å². The van der Waals surface area contributed by atoms with E-state index in [1.54, 1.807) is 32.0 Å². The molecule has 0 aliphatic heterocycles. The molecule has 3 rings (SSSR count). The predicted molar refractivity (Wildman–Crippen MR) is 116 cm³/mol. The van der Waals surface area contributed by atoms with Crippen molar-refractivity contribution in [3.05, 3.63) is 29.6 Å². The Bertz CT molecular complexity index is 1190. The molecule has 9 nitrogen and oxygen atoms in total. The molecule has 3 aromatic rings. The van der Waals surface area contributed by atoms with E-state index in [0.717, 1.165) is 0 Å². The first-order chi connectivity index (χ1) is 14.7. The molecular weight excluding hydrogens is 445 g/mol. The first-order valence-corrected chi connectivity index (χ1v) is 11.7. The molecule has 0 spiro atoms. The Morgan fingerprint density at radius 1 is 1.25 bits per heavy atom. The zero-order valence-corrected chi connectivity index (χ0v) is 18.9. The van der Waals surface area contributed by atoms with Gasteiger partial charge in [0, 0.05) is 18.4 Å². The number of alkyl halides is 2. The molecule has 0 unspecified atom stereocenters. The lowest BCUT2D eigenvalue weighted by molar-refractivity contribution is 0.0507. The monoisotopic (exact) mass is 472 g/mol. The smallest absolute Gasteiger partial charge is 0.389 e. The third-order valence-corrected chi connectivity index (χ3v) is 6.04. The van der Waals surface area contributed by atoms with E-state index in [1.165, 1.54) is 0 Å². The minimum absolute atomic E-state index is 0.137. The molecule has 176 valence electrons. The molecule has 32 heavy (non-hydrogen) atoms. The van der Waals surface area contributed by atoms with Crippen molar-refractivity contribution >= 4 is 35.3 Å². The van der Waals surface area contributed by atoms with Crippen LogP contribution in [0.4, 0.5) is 14.6 Å². The van der Waals surface area contributed by atoms with Crippen LogP contribution in [0.25, 0.3) is 21.9 Å². The Morgan fingerprint density at radius 3 is 2.53 bits per heavy atom. The van der Waals surface area contributed by atoms with Gasteiger partial charge < -0.3 is 29.9 Å². The van der Waals surface area contributed by atoms with Gasteiger partial charge in [-0.25, -0.2) is 9.97 Å². The van der Waals surface area contributed by atoms with Crippen molar-refractivity contribution in [3.63, 3.8) is 0 Å². The van der Waals surface area contributed by atoms with Crippen LogP contribution in [0.15, 0.2) is 18.2 Å². The number of hydrogen-bond acceptors (Lipinski definition) is 6. The number of aryl methyl sites for hydroxylation is 1. The SMILES string of the molecule is CCOCc1nc2c(N)nc3cc(CCC(F)(F)P(=O)(O)O)ccc3c2n1CC(C)(C)O. The zero-order chi connectivity index (χ0) is 23.9. The van der Waals surface area contributed by atoms with Crippen LogP contribution in [0.3, 0.4) is 0 Å². The Hall–Kier alpha value is -2.17. The van der Waals surface area contributed by atoms with Crippen LogP contribution in [-0.2, 0) is 28.9 Å². The van der Waals surface area contributed by atoms with E-state index in [2.05, 4.69) is 9.97 Å². The van der Waals surface area contributed by atoms with Crippen molar-refractivity contribution in [1.82, 2.24) is 14.5 Å². The van der Waals surface area contributed by atoms with Gasteiger partial charge in [0.1, 0.15) is 17.9 Å². The summed E-state index contributed by atoms with van der Waals surface area (Å²) in [4.78, 5) is 26.6. The van der Waals surface area contributed by atoms with E-state index >= 15 is 0 Å². The average molecular weight is 472 g/mol. The van der Waals surface area contributed by atoms with Gasteiger partial charge in [-0.1, -0.05) is 12.1 Å². The summed E-state index contributed by atoms with van der Waals surface area (Å²) >= 11 is 0. The number of aromatic nitrogens is 3. The third-order valence-electron chi connectivity index (χ3n) is 4.97. The summed E-state index contributed by atoms with van der Waals surface area (Å²) in [6.45, 7) is 6.07. The van der Waals surface area contributed by atoms with Gasteiger partial charge in [-0.3, -0.25) is 4.57 Å². The van der Waals surface area contributed by atoms with Crippen molar-refractivity contribution in [2.24, 2.45) is 0 Å². The Morgan fingerprint density at radius 2 is 1.94 bits per heavy atom. The highest BCUT2D eigenvalue weighted by Gasteiger charge is 2.47. The first-order valence-electron chi connectivity index (χ1n) is 10.0. The largest absolute Gasteiger partial charge is 0.394 e. The minimum atomic E-state index is -5.54. The molecule has 0 radical (unpaired) electrons. The van der Waals surface area contributed by atoms with Crippen molar-refractivity contribution in [2.75, 3.05) is 12.3 Å². The normalized spacial score (nSPS) is 13.4. The highest BCUT2D eigenvalue weighted by Crippen LogP contribution is 2.55. The minimum Gasteiger partial charge on any atom is -0.389 e. The summed E-state index contributed by atoms with van der Waals surface area (Å²) in [5, 5.41) is 11.1. The topological polar surface area (TPSA) is 144 Å². The van der Waals surface area contributed by atoms with Crippen LogP contribution in [-0.4, -0.2) is 47.3 Å². The molecule has 2 heterocycles. The molecule has 5 N–H and O–H groups in total. The van der Waals surface area contributed by atoms with Crippen LogP contribution in [0, 0.1) is 0 Å². The molecule has 0 aliphatic carbocycles. The number of pyridine rings is 1. The van der Waals surface area contributed by atoms with Crippen molar-refractivity contribution in [2.45, 2.75) is 58.0 Å². The molecule has 0 saturated carbocycles. The molecule has 2 aromatic heterocycles. The maximum Gasteiger partial charge on any atom is 0.394 e. The van der Waals surface area contributed by atoms with Gasteiger partial charge in [-0.2, -0.15) is 8.78 Å². The fourth-order valence-electron chi connectivity index (χ4n) is 3.46. The van der Waals surface area contributed by atoms with Crippen molar-refractivity contribution in [3.8, 4) is 0 Å². The molecule has 0 fully saturated rings. The van der Waals surface area contributed by atoms with E-state index in [-0.39, 0.29) is 25.4 Å². The number of nitrogens with two attached hydrogens (primary N) is 1. The number of rotatable bonds is 9. The van der Waals surface area contributed by atoms with Crippen LogP contribution >= 0.6 is 7.60 Å². The van der Waals surface area contributed by atoms with Crippen LogP contribution < -0.4 is 5.73 Å². The van der Waals surface area contributed by atoms with Gasteiger partial charge >= 0.3 is 13.3 Å². The van der Waals surface area contributed by atoms with E-state index in [0.29, 0.717) is 39.9 Å². The van der Waals surface area contributed by atoms with E-state index in [9.17, 15) is 18.5 Å². The van der Waals surface area contributed by atoms with Crippen molar-refractivity contribution < 1.29 is 33.0 Å². The number of benzene rings is 1. The van der Waals surface area contributed by atoms with Gasteiger partial charge in [-0.05, 0) is 38.8 Å². The van der Waals surface area contributed by atoms with Crippen LogP contribution in [0.5, 0.6) is 0 Å². The number of fused-ring (bicyclic) bond motifs is 3. The number of anilines is 1. The number of halogens is 2. The standard InChI is InChI=1S/C20H27F2N4O5P/c1-4-31-10-15-25-16-17(26(15)11-19(2,3)27)13-6-5-12(9-14(13)24-18(16)23)7-8-20(21,22)32(28,29)30/h5-6,9,27H,4,7-8,10-11H2,1-3H3,(H2,23,24)(H2,28,29,30). The fraction of sp³-hybridized carbons (Fsp3) is 0.500. The third kappa shape index (κ3) is 5.07. The lowest BCUT2D eigenvalue weighted by Gasteiger charge is -2.21. The average Bonchev–Trinajstić information content (AvgIpc) is 3.01. The second-order valence-electron chi connectivity index (χ2n) is 8.32. The van der Waals surface area contributed by atoms with E-state index in [4.69, 9.17) is 20.3 Å². The Balaban J connectivity index is 2.10. The summed E-state index contributed by atoms with van der Waals surface area (Å²) in [6.07, 6.45) is -1.26. The first kappa shape index (κ1) is 24.5. The second-order valence-corrected chi connectivity index (χ2v) is 10.1. The maximum atomic E-state index is 13.7. The lowest BCUT2D eigenvalue weighted by atomic mass is 10.1. The number of nitrogen functional groups attached to an aromatic ring is 1. The summed E-state index contributed by atoms with van der Waals surface area (Å²) < 4.78 is 45.6. The summed E-state index contributed by atoms with van der Waals surface area (Å²) in [7, 11) is -5.54. The Kier molecular flexibility index (Phi) is 6.61. The number of imidazole rings is 1. The molecule has 0 aliphatic rings. The quantitative estimate of drug-likeness (QED) is 0.348. The molecule has 0 saturated heterocycles. The molecule has 12 heteroatoms. The number of ether oxygens (including phenoxy) is 1. The summed E-state index contributed by atoms with van der Waals surface area (Å²) in [5.74, 6) is 0.702. The van der Waals surface area contributed by atoms with Crippen LogP contribution in [0.1, 0.15) is 38.6 Å². The molecule has 0 atom stereocenters. The molecule has 0 amide bonds. The van der Waals surface area contributed by atoms with Crippen LogP contribution in [0.2, 0.25) is 0 Å². The van der Waals surface area contributed by atoms with E-state index < -0.39 is 25.3 Å². The van der Waals surface area contributed by atoms with E-state index in [1.807, 2.05) is 11.5 Å². The van der Waals surface area contributed by atoms with Crippen molar-refractivity contribution in [1.29, 1.82) is 0 Å². The summed E-state index contributed by atoms with van der Waals surface area (Å²) in [6, 6.07) is 4.84. The maximum absolute atomic E-state index is 13.7. The van der Waals surface area contributed by atoms with Gasteiger partial charge in [0.25, 0.3) is 0 Å². The van der Waals surface area contributed by atoms with Gasteiger partial charge in [0.15, 0.2) is 5.82 Å². The molecular formula is C20H27F2N4O5P.